The Hall–Kier alpha value is -1.40. The predicted octanol–water partition coefficient (Wildman–Crippen LogP) is 1.54. The fourth-order valence-corrected chi connectivity index (χ4v) is 2.18. The van der Waals surface area contributed by atoms with Gasteiger partial charge in [0.1, 0.15) is 0 Å². The van der Waals surface area contributed by atoms with E-state index in [9.17, 15) is 4.79 Å². The molecule has 6 nitrogen and oxygen atoms in total. The Labute approximate surface area is 127 Å². The van der Waals surface area contributed by atoms with Crippen molar-refractivity contribution in [2.75, 3.05) is 25.0 Å². The molecule has 0 radical (unpaired) electrons. The summed E-state index contributed by atoms with van der Waals surface area (Å²) in [5.74, 6) is 0.259. The third-order valence-corrected chi connectivity index (χ3v) is 3.50. The summed E-state index contributed by atoms with van der Waals surface area (Å²) in [5, 5.41) is 7.09. The lowest BCUT2D eigenvalue weighted by Gasteiger charge is -2.17. The van der Waals surface area contributed by atoms with E-state index < -0.39 is 6.04 Å². The van der Waals surface area contributed by atoms with Crippen LogP contribution in [0, 0.1) is 5.92 Å². The van der Waals surface area contributed by atoms with Crippen LogP contribution in [0.5, 0.6) is 0 Å². The SMILES string of the molecule is CCN(CC)CCn1cc(NC(=O)C(N)CC(C)C)cn1. The summed E-state index contributed by atoms with van der Waals surface area (Å²) in [7, 11) is 0. The number of nitrogens with two attached hydrogens (primary N) is 1. The van der Waals surface area contributed by atoms with Gasteiger partial charge >= 0.3 is 0 Å². The van der Waals surface area contributed by atoms with Gasteiger partial charge in [-0.15, -0.1) is 0 Å². The van der Waals surface area contributed by atoms with E-state index in [2.05, 4.69) is 43.0 Å². The molecule has 1 aromatic heterocycles. The third-order valence-electron chi connectivity index (χ3n) is 3.50. The Bertz CT molecular complexity index is 425. The molecular formula is C15H29N5O. The first-order valence-electron chi connectivity index (χ1n) is 7.77. The number of nitrogens with zero attached hydrogens (tertiary/aromatic N) is 3. The maximum Gasteiger partial charge on any atom is 0.241 e. The number of amides is 1. The second-order valence-electron chi connectivity index (χ2n) is 5.74. The molecule has 0 aliphatic carbocycles. The molecule has 1 unspecified atom stereocenters. The summed E-state index contributed by atoms with van der Waals surface area (Å²) in [4.78, 5) is 14.3. The van der Waals surface area contributed by atoms with E-state index in [1.54, 1.807) is 6.20 Å². The number of aromatic nitrogens is 2. The minimum Gasteiger partial charge on any atom is -0.322 e. The fraction of sp³-hybridized carbons (Fsp3) is 0.733. The summed E-state index contributed by atoms with van der Waals surface area (Å²) < 4.78 is 1.85. The lowest BCUT2D eigenvalue weighted by atomic mass is 10.0. The van der Waals surface area contributed by atoms with Crippen molar-refractivity contribution in [1.29, 1.82) is 0 Å². The molecule has 1 rings (SSSR count). The number of anilines is 1. The first kappa shape index (κ1) is 17.7. The zero-order valence-electron chi connectivity index (χ0n) is 13.7. The van der Waals surface area contributed by atoms with E-state index in [4.69, 9.17) is 5.73 Å². The molecular weight excluding hydrogens is 266 g/mol. The van der Waals surface area contributed by atoms with Crippen molar-refractivity contribution in [3.05, 3.63) is 12.4 Å². The molecule has 0 fully saturated rings. The van der Waals surface area contributed by atoms with Gasteiger partial charge in [0.2, 0.25) is 5.91 Å². The molecule has 0 saturated heterocycles. The number of nitrogens with one attached hydrogen (secondary N) is 1. The fourth-order valence-electron chi connectivity index (χ4n) is 2.18. The summed E-state index contributed by atoms with van der Waals surface area (Å²) in [6.07, 6.45) is 4.20. The van der Waals surface area contributed by atoms with Crippen LogP contribution in [0.25, 0.3) is 0 Å². The van der Waals surface area contributed by atoms with E-state index in [0.29, 0.717) is 18.0 Å². The van der Waals surface area contributed by atoms with E-state index in [1.807, 2.05) is 10.9 Å². The lowest BCUT2D eigenvalue weighted by Crippen LogP contribution is -2.36. The molecule has 21 heavy (non-hydrogen) atoms. The molecule has 3 N–H and O–H groups in total. The molecule has 0 aromatic carbocycles. The van der Waals surface area contributed by atoms with E-state index in [1.165, 1.54) is 0 Å². The Morgan fingerprint density at radius 2 is 2.10 bits per heavy atom. The van der Waals surface area contributed by atoms with Crippen molar-refractivity contribution < 1.29 is 4.79 Å². The second kappa shape index (κ2) is 8.79. The maximum absolute atomic E-state index is 11.9. The highest BCUT2D eigenvalue weighted by molar-refractivity contribution is 5.94. The van der Waals surface area contributed by atoms with Gasteiger partial charge in [0.05, 0.1) is 24.5 Å². The summed E-state index contributed by atoms with van der Waals surface area (Å²) in [5.41, 5.74) is 6.57. The van der Waals surface area contributed by atoms with Gasteiger partial charge in [-0.05, 0) is 25.4 Å². The quantitative estimate of drug-likeness (QED) is 0.724. The maximum atomic E-state index is 11.9. The number of rotatable bonds is 9. The molecule has 1 aromatic rings. The predicted molar refractivity (Wildman–Crippen MR) is 86.1 cm³/mol. The molecule has 0 aliphatic rings. The molecule has 0 saturated carbocycles. The highest BCUT2D eigenvalue weighted by atomic mass is 16.2. The normalized spacial score (nSPS) is 12.9. The Morgan fingerprint density at radius 3 is 2.67 bits per heavy atom. The highest BCUT2D eigenvalue weighted by Crippen LogP contribution is 2.08. The van der Waals surface area contributed by atoms with Gasteiger partial charge in [0, 0.05) is 12.7 Å². The molecule has 1 amide bonds. The topological polar surface area (TPSA) is 76.2 Å². The van der Waals surface area contributed by atoms with Crippen molar-refractivity contribution in [2.45, 2.75) is 46.7 Å². The Morgan fingerprint density at radius 1 is 1.43 bits per heavy atom. The number of carbonyl (C=O) groups excluding carboxylic acids is 1. The van der Waals surface area contributed by atoms with Crippen molar-refractivity contribution in [3.8, 4) is 0 Å². The van der Waals surface area contributed by atoms with Gasteiger partial charge in [-0.2, -0.15) is 5.10 Å². The average Bonchev–Trinajstić information content (AvgIpc) is 2.86. The molecule has 6 heteroatoms. The van der Waals surface area contributed by atoms with Crippen LogP contribution in [0.1, 0.15) is 34.1 Å². The van der Waals surface area contributed by atoms with Gasteiger partial charge in [-0.1, -0.05) is 27.7 Å². The Balaban J connectivity index is 2.46. The first-order valence-corrected chi connectivity index (χ1v) is 7.77. The molecule has 0 bridgehead atoms. The van der Waals surface area contributed by atoms with Crippen LogP contribution in [-0.2, 0) is 11.3 Å². The standard InChI is InChI=1S/C15H29N5O/c1-5-19(6-2)7-8-20-11-13(10-17-20)18-15(21)14(16)9-12(3)4/h10-12,14H,5-9,16H2,1-4H3,(H,18,21). The zero-order chi connectivity index (χ0) is 15.8. The van der Waals surface area contributed by atoms with E-state index >= 15 is 0 Å². The van der Waals surface area contributed by atoms with E-state index in [0.717, 1.165) is 26.2 Å². The van der Waals surface area contributed by atoms with Gasteiger partial charge < -0.3 is 16.0 Å². The molecule has 1 atom stereocenters. The van der Waals surface area contributed by atoms with Crippen molar-refractivity contribution >= 4 is 11.6 Å². The van der Waals surface area contributed by atoms with Crippen LogP contribution in [0.2, 0.25) is 0 Å². The average molecular weight is 295 g/mol. The number of hydrogen-bond donors (Lipinski definition) is 2. The monoisotopic (exact) mass is 295 g/mol. The van der Waals surface area contributed by atoms with Crippen LogP contribution in [0.4, 0.5) is 5.69 Å². The van der Waals surface area contributed by atoms with Crippen LogP contribution in [-0.4, -0.2) is 46.3 Å². The van der Waals surface area contributed by atoms with Crippen molar-refractivity contribution in [1.82, 2.24) is 14.7 Å². The highest BCUT2D eigenvalue weighted by Gasteiger charge is 2.15. The molecule has 0 aliphatic heterocycles. The third kappa shape index (κ3) is 6.27. The molecule has 0 spiro atoms. The minimum absolute atomic E-state index is 0.146. The second-order valence-corrected chi connectivity index (χ2v) is 5.74. The molecule has 1 heterocycles. The van der Waals surface area contributed by atoms with Gasteiger partial charge in [-0.25, -0.2) is 0 Å². The summed E-state index contributed by atoms with van der Waals surface area (Å²) in [6.45, 7) is 12.2. The Kier molecular flexibility index (Phi) is 7.39. The van der Waals surface area contributed by atoms with E-state index in [-0.39, 0.29) is 5.91 Å². The number of hydrogen-bond acceptors (Lipinski definition) is 4. The van der Waals surface area contributed by atoms with Crippen LogP contribution in [0.3, 0.4) is 0 Å². The van der Waals surface area contributed by atoms with Crippen LogP contribution in [0.15, 0.2) is 12.4 Å². The summed E-state index contributed by atoms with van der Waals surface area (Å²) in [6, 6.07) is -0.468. The van der Waals surface area contributed by atoms with Crippen LogP contribution >= 0.6 is 0 Å². The van der Waals surface area contributed by atoms with Gasteiger partial charge in [-0.3, -0.25) is 9.48 Å². The van der Waals surface area contributed by atoms with Gasteiger partial charge in [0.15, 0.2) is 0 Å². The van der Waals surface area contributed by atoms with Crippen molar-refractivity contribution in [2.24, 2.45) is 11.7 Å². The van der Waals surface area contributed by atoms with Crippen molar-refractivity contribution in [3.63, 3.8) is 0 Å². The summed E-state index contributed by atoms with van der Waals surface area (Å²) >= 11 is 0. The zero-order valence-corrected chi connectivity index (χ0v) is 13.7. The largest absolute Gasteiger partial charge is 0.322 e. The number of likely N-dealkylation sites (N-methyl/N-ethyl adjacent to an activating group) is 1. The van der Waals surface area contributed by atoms with Crippen LogP contribution < -0.4 is 11.1 Å². The lowest BCUT2D eigenvalue weighted by molar-refractivity contribution is -0.117. The first-order chi connectivity index (χ1) is 9.96. The number of carbonyl (C=O) groups is 1. The smallest absolute Gasteiger partial charge is 0.241 e. The van der Waals surface area contributed by atoms with Gasteiger partial charge in [0.25, 0.3) is 0 Å². The minimum atomic E-state index is -0.468. The molecule has 120 valence electrons.